The molecular formula is C21H22ClN5O4. The molecule has 0 saturated carbocycles. The van der Waals surface area contributed by atoms with E-state index in [1.807, 2.05) is 0 Å². The Labute approximate surface area is 184 Å². The number of carbonyl (C=O) groups excluding carboxylic acids is 3. The lowest BCUT2D eigenvalue weighted by molar-refractivity contribution is -0.118. The fourth-order valence-electron chi connectivity index (χ4n) is 2.87. The van der Waals surface area contributed by atoms with Gasteiger partial charge in [0.2, 0.25) is 0 Å². The quantitative estimate of drug-likeness (QED) is 0.446. The minimum Gasteiger partial charge on any atom is -0.497 e. The molecule has 0 radical (unpaired) electrons. The summed E-state index contributed by atoms with van der Waals surface area (Å²) >= 11 is 6.11. The van der Waals surface area contributed by atoms with Crippen LogP contribution in [-0.4, -0.2) is 38.0 Å². The lowest BCUT2D eigenvalue weighted by atomic mass is 10.2. The summed E-state index contributed by atoms with van der Waals surface area (Å²) in [5, 5.41) is 14.1. The largest absolute Gasteiger partial charge is 0.497 e. The Morgan fingerprint density at radius 1 is 0.935 bits per heavy atom. The van der Waals surface area contributed by atoms with Crippen molar-refractivity contribution in [1.29, 1.82) is 0 Å². The molecule has 10 heteroatoms. The maximum absolute atomic E-state index is 12.5. The Hall–Kier alpha value is -3.72. The molecule has 0 unspecified atom stereocenters. The van der Waals surface area contributed by atoms with E-state index in [0.717, 1.165) is 0 Å². The van der Waals surface area contributed by atoms with E-state index in [0.29, 0.717) is 28.7 Å². The fraction of sp³-hybridized carbons (Fsp3) is 0.190. The van der Waals surface area contributed by atoms with E-state index in [1.54, 1.807) is 49.4 Å². The topological polar surface area (TPSA) is 121 Å². The lowest BCUT2D eigenvalue weighted by Gasteiger charge is -2.10. The summed E-state index contributed by atoms with van der Waals surface area (Å²) in [6.45, 7) is 2.53. The number of hydrogen-bond donors (Lipinski definition) is 5. The summed E-state index contributed by atoms with van der Waals surface area (Å²) in [5.74, 6) is -0.680. The summed E-state index contributed by atoms with van der Waals surface area (Å²) in [4.78, 5) is 37.1. The Morgan fingerprint density at radius 3 is 2.10 bits per heavy atom. The number of methoxy groups -OCH3 is 1. The molecule has 1 heterocycles. The highest BCUT2D eigenvalue weighted by Crippen LogP contribution is 2.23. The number of benzene rings is 2. The van der Waals surface area contributed by atoms with Crippen LogP contribution in [0.4, 0.5) is 11.4 Å². The van der Waals surface area contributed by atoms with Crippen molar-refractivity contribution in [1.82, 2.24) is 16.0 Å². The molecule has 9 nitrogen and oxygen atoms in total. The first kappa shape index (κ1) is 22.0. The Balaban J connectivity index is 1.67. The Kier molecular flexibility index (Phi) is 6.99. The predicted molar refractivity (Wildman–Crippen MR) is 118 cm³/mol. The van der Waals surface area contributed by atoms with Crippen LogP contribution >= 0.6 is 11.6 Å². The number of nitrogens with one attached hydrogen (secondary N) is 5. The number of hydrogen-bond acceptors (Lipinski definition) is 6. The number of halogens is 1. The van der Waals surface area contributed by atoms with Crippen LogP contribution in [0.2, 0.25) is 5.02 Å². The average molecular weight is 444 g/mol. The summed E-state index contributed by atoms with van der Waals surface area (Å²) in [6, 6.07) is 11.4. The van der Waals surface area contributed by atoms with Crippen molar-refractivity contribution < 1.29 is 19.1 Å². The monoisotopic (exact) mass is 443 g/mol. The van der Waals surface area contributed by atoms with Crippen molar-refractivity contribution >= 4 is 40.7 Å². The molecule has 3 amide bonds. The molecule has 5 N–H and O–H groups in total. The third-order valence-electron chi connectivity index (χ3n) is 4.39. The van der Waals surface area contributed by atoms with Crippen LogP contribution in [0.15, 0.2) is 53.9 Å². The molecule has 3 rings (SSSR count). The molecular weight excluding hydrogens is 422 g/mol. The van der Waals surface area contributed by atoms with Gasteiger partial charge >= 0.3 is 0 Å². The number of likely N-dealkylation sites (N-methyl/N-ethyl adjacent to an activating group) is 1. The normalized spacial score (nSPS) is 12.5. The molecule has 162 valence electrons. The SMILES string of the molecule is CCNC(=O)C1=C(C(=O)Nc2ccc(NC(=O)c3cc(OC)ccc3Cl)cc2)NCN1. The second kappa shape index (κ2) is 9.86. The first-order valence-corrected chi connectivity index (χ1v) is 9.87. The van der Waals surface area contributed by atoms with Crippen molar-refractivity contribution in [3.63, 3.8) is 0 Å². The van der Waals surface area contributed by atoms with Crippen LogP contribution < -0.4 is 31.3 Å². The molecule has 31 heavy (non-hydrogen) atoms. The van der Waals surface area contributed by atoms with Gasteiger partial charge in [-0.15, -0.1) is 0 Å². The maximum Gasteiger partial charge on any atom is 0.274 e. The van der Waals surface area contributed by atoms with Crippen molar-refractivity contribution in [2.45, 2.75) is 6.92 Å². The second-order valence-electron chi connectivity index (χ2n) is 6.47. The summed E-state index contributed by atoms with van der Waals surface area (Å²) < 4.78 is 5.12. The van der Waals surface area contributed by atoms with Gasteiger partial charge in [0.15, 0.2) is 0 Å². The van der Waals surface area contributed by atoms with Gasteiger partial charge in [0.05, 0.1) is 24.4 Å². The highest BCUT2D eigenvalue weighted by molar-refractivity contribution is 6.34. The highest BCUT2D eigenvalue weighted by Gasteiger charge is 2.25. The van der Waals surface area contributed by atoms with E-state index in [9.17, 15) is 14.4 Å². The third-order valence-corrected chi connectivity index (χ3v) is 4.72. The number of carbonyl (C=O) groups is 3. The molecule has 0 fully saturated rings. The van der Waals surface area contributed by atoms with Gasteiger partial charge in [-0.25, -0.2) is 0 Å². The minimum absolute atomic E-state index is 0.163. The van der Waals surface area contributed by atoms with E-state index in [1.165, 1.54) is 7.11 Å². The fourth-order valence-corrected chi connectivity index (χ4v) is 3.07. The van der Waals surface area contributed by atoms with Crippen LogP contribution in [0.3, 0.4) is 0 Å². The second-order valence-corrected chi connectivity index (χ2v) is 6.88. The Bertz CT molecular complexity index is 1040. The van der Waals surface area contributed by atoms with E-state index in [4.69, 9.17) is 16.3 Å². The zero-order valence-corrected chi connectivity index (χ0v) is 17.7. The molecule has 1 aliphatic rings. The van der Waals surface area contributed by atoms with Crippen molar-refractivity contribution in [2.24, 2.45) is 0 Å². The molecule has 2 aromatic carbocycles. The molecule has 2 aromatic rings. The van der Waals surface area contributed by atoms with Gasteiger partial charge in [-0.05, 0) is 49.4 Å². The molecule has 0 bridgehead atoms. The number of rotatable bonds is 7. The molecule has 0 spiro atoms. The first-order chi connectivity index (χ1) is 14.9. The summed E-state index contributed by atoms with van der Waals surface area (Å²) in [7, 11) is 1.50. The third kappa shape index (κ3) is 5.26. The van der Waals surface area contributed by atoms with E-state index < -0.39 is 11.8 Å². The summed E-state index contributed by atoms with van der Waals surface area (Å²) in [5.41, 5.74) is 1.65. The highest BCUT2D eigenvalue weighted by atomic mass is 35.5. The van der Waals surface area contributed by atoms with Crippen LogP contribution in [0.25, 0.3) is 0 Å². The van der Waals surface area contributed by atoms with Crippen LogP contribution in [0.1, 0.15) is 17.3 Å². The van der Waals surface area contributed by atoms with Gasteiger partial charge in [0, 0.05) is 17.9 Å². The van der Waals surface area contributed by atoms with E-state index in [2.05, 4.69) is 26.6 Å². The van der Waals surface area contributed by atoms with Crippen LogP contribution in [-0.2, 0) is 9.59 Å². The van der Waals surface area contributed by atoms with Gasteiger partial charge in [-0.1, -0.05) is 11.6 Å². The van der Waals surface area contributed by atoms with Crippen LogP contribution in [0, 0.1) is 0 Å². The standard InChI is InChI=1S/C21H22ClN5O4/c1-3-23-20(29)17-18(25-11-24-17)21(30)27-13-6-4-12(5-7-13)26-19(28)15-10-14(31-2)8-9-16(15)22/h4-10,24-25H,3,11H2,1-2H3,(H,23,29)(H,26,28)(H,27,30). The van der Waals surface area contributed by atoms with Crippen LogP contribution in [0.5, 0.6) is 5.75 Å². The van der Waals surface area contributed by atoms with Gasteiger partial charge < -0.3 is 31.3 Å². The van der Waals surface area contributed by atoms with E-state index >= 15 is 0 Å². The minimum atomic E-state index is -0.453. The maximum atomic E-state index is 12.5. The lowest BCUT2D eigenvalue weighted by Crippen LogP contribution is -2.31. The smallest absolute Gasteiger partial charge is 0.274 e. The average Bonchev–Trinajstić information content (AvgIpc) is 3.26. The number of ether oxygens (including phenoxy) is 1. The van der Waals surface area contributed by atoms with E-state index in [-0.39, 0.29) is 29.5 Å². The van der Waals surface area contributed by atoms with Gasteiger partial charge in [0.25, 0.3) is 17.7 Å². The Morgan fingerprint density at radius 2 is 1.52 bits per heavy atom. The van der Waals surface area contributed by atoms with Gasteiger partial charge in [-0.3, -0.25) is 14.4 Å². The zero-order chi connectivity index (χ0) is 22.4. The molecule has 0 aliphatic carbocycles. The molecule has 0 atom stereocenters. The molecule has 1 aliphatic heterocycles. The zero-order valence-electron chi connectivity index (χ0n) is 17.0. The van der Waals surface area contributed by atoms with Gasteiger partial charge in [0.1, 0.15) is 17.1 Å². The van der Waals surface area contributed by atoms with Crippen molar-refractivity contribution in [2.75, 3.05) is 31.0 Å². The molecule has 0 aromatic heterocycles. The molecule has 0 saturated heterocycles. The number of anilines is 2. The number of amides is 3. The van der Waals surface area contributed by atoms with Crippen molar-refractivity contribution in [3.8, 4) is 5.75 Å². The predicted octanol–water partition coefficient (Wildman–Crippen LogP) is 2.04. The van der Waals surface area contributed by atoms with Crippen molar-refractivity contribution in [3.05, 3.63) is 64.4 Å². The van der Waals surface area contributed by atoms with Gasteiger partial charge in [-0.2, -0.15) is 0 Å². The first-order valence-electron chi connectivity index (χ1n) is 9.49. The summed E-state index contributed by atoms with van der Waals surface area (Å²) in [6.07, 6.45) is 0.